The fraction of sp³-hybridized carbons (Fsp3) is 0.333. The molecule has 2 heteroatoms. The monoisotopic (exact) mass is 384 g/mol. The average Bonchev–Trinajstić information content (AvgIpc) is 3.06. The Morgan fingerprint density at radius 1 is 0.931 bits per heavy atom. The van der Waals surface area contributed by atoms with Crippen molar-refractivity contribution in [1.29, 1.82) is 0 Å². The van der Waals surface area contributed by atoms with Gasteiger partial charge in [0.05, 0.1) is 0 Å². The van der Waals surface area contributed by atoms with Crippen molar-refractivity contribution >= 4 is 17.1 Å². The SMILES string of the molecule is CCN(CCC(C)C)c1ccc2c(c1)-c1cc(C)c(Nc3ccccc3)cc1C2. The Morgan fingerprint density at radius 2 is 1.69 bits per heavy atom. The second-order valence-corrected chi connectivity index (χ2v) is 8.60. The van der Waals surface area contributed by atoms with Crippen molar-refractivity contribution in [1.82, 2.24) is 0 Å². The molecule has 0 amide bonds. The predicted octanol–water partition coefficient (Wildman–Crippen LogP) is 7.18. The molecule has 0 saturated carbocycles. The van der Waals surface area contributed by atoms with Crippen LogP contribution in [-0.2, 0) is 6.42 Å². The first kappa shape index (κ1) is 19.6. The summed E-state index contributed by atoms with van der Waals surface area (Å²) in [5, 5.41) is 3.59. The smallest absolute Gasteiger partial charge is 0.0417 e. The fourth-order valence-electron chi connectivity index (χ4n) is 4.22. The molecule has 29 heavy (non-hydrogen) atoms. The largest absolute Gasteiger partial charge is 0.372 e. The maximum absolute atomic E-state index is 3.59. The Balaban J connectivity index is 1.63. The molecule has 0 bridgehead atoms. The molecular weight excluding hydrogens is 352 g/mol. The van der Waals surface area contributed by atoms with Gasteiger partial charge in [-0.05, 0) is 96.8 Å². The topological polar surface area (TPSA) is 15.3 Å². The van der Waals surface area contributed by atoms with Crippen molar-refractivity contribution in [3.8, 4) is 11.1 Å². The summed E-state index contributed by atoms with van der Waals surface area (Å²) < 4.78 is 0. The van der Waals surface area contributed by atoms with Gasteiger partial charge < -0.3 is 10.2 Å². The quantitative estimate of drug-likeness (QED) is 0.363. The van der Waals surface area contributed by atoms with Crippen molar-refractivity contribution in [3.63, 3.8) is 0 Å². The van der Waals surface area contributed by atoms with E-state index in [1.165, 1.54) is 45.6 Å². The van der Waals surface area contributed by atoms with Crippen LogP contribution in [0.25, 0.3) is 11.1 Å². The Hall–Kier alpha value is -2.74. The van der Waals surface area contributed by atoms with E-state index in [4.69, 9.17) is 0 Å². The molecule has 0 aliphatic heterocycles. The Morgan fingerprint density at radius 3 is 2.41 bits per heavy atom. The van der Waals surface area contributed by atoms with Gasteiger partial charge in [0.25, 0.3) is 0 Å². The molecule has 0 aromatic heterocycles. The van der Waals surface area contributed by atoms with E-state index in [1.54, 1.807) is 0 Å². The van der Waals surface area contributed by atoms with E-state index in [0.29, 0.717) is 0 Å². The van der Waals surface area contributed by atoms with Crippen molar-refractivity contribution < 1.29 is 0 Å². The molecule has 0 heterocycles. The normalized spacial score (nSPS) is 12.0. The molecule has 150 valence electrons. The molecule has 1 aliphatic rings. The molecule has 3 aromatic carbocycles. The van der Waals surface area contributed by atoms with Gasteiger partial charge in [-0.1, -0.05) is 38.1 Å². The summed E-state index contributed by atoms with van der Waals surface area (Å²) in [6, 6.07) is 22.2. The first-order valence-electron chi connectivity index (χ1n) is 10.9. The third-order valence-electron chi connectivity index (χ3n) is 5.99. The van der Waals surface area contributed by atoms with E-state index < -0.39 is 0 Å². The summed E-state index contributed by atoms with van der Waals surface area (Å²) in [6.07, 6.45) is 2.25. The maximum Gasteiger partial charge on any atom is 0.0417 e. The van der Waals surface area contributed by atoms with Crippen molar-refractivity contribution in [2.24, 2.45) is 5.92 Å². The number of benzene rings is 3. The fourth-order valence-corrected chi connectivity index (χ4v) is 4.22. The highest BCUT2D eigenvalue weighted by Gasteiger charge is 2.21. The zero-order chi connectivity index (χ0) is 20.4. The van der Waals surface area contributed by atoms with Gasteiger partial charge in [-0.25, -0.2) is 0 Å². The van der Waals surface area contributed by atoms with E-state index in [2.05, 4.69) is 98.6 Å². The first-order chi connectivity index (χ1) is 14.0. The summed E-state index contributed by atoms with van der Waals surface area (Å²) >= 11 is 0. The van der Waals surface area contributed by atoms with Crippen LogP contribution in [0, 0.1) is 12.8 Å². The predicted molar refractivity (Wildman–Crippen MR) is 126 cm³/mol. The Labute approximate surface area is 175 Å². The zero-order valence-electron chi connectivity index (χ0n) is 18.1. The molecule has 1 aliphatic carbocycles. The molecule has 0 fully saturated rings. The lowest BCUT2D eigenvalue weighted by atomic mass is 10.0. The Kier molecular flexibility index (Phi) is 5.62. The minimum Gasteiger partial charge on any atom is -0.372 e. The highest BCUT2D eigenvalue weighted by molar-refractivity contribution is 5.83. The van der Waals surface area contributed by atoms with Crippen LogP contribution >= 0.6 is 0 Å². The summed E-state index contributed by atoms with van der Waals surface area (Å²) in [7, 11) is 0. The van der Waals surface area contributed by atoms with Crippen LogP contribution in [0.2, 0.25) is 0 Å². The van der Waals surface area contributed by atoms with Crippen LogP contribution < -0.4 is 10.2 Å². The lowest BCUT2D eigenvalue weighted by Gasteiger charge is -2.25. The molecule has 3 aromatic rings. The van der Waals surface area contributed by atoms with Crippen molar-refractivity contribution in [2.45, 2.75) is 40.5 Å². The average molecular weight is 385 g/mol. The van der Waals surface area contributed by atoms with Crippen LogP contribution in [0.5, 0.6) is 0 Å². The summed E-state index contributed by atoms with van der Waals surface area (Å²) in [6.45, 7) is 11.2. The number of nitrogens with one attached hydrogen (secondary N) is 1. The van der Waals surface area contributed by atoms with Crippen molar-refractivity contribution in [2.75, 3.05) is 23.3 Å². The van der Waals surface area contributed by atoms with Gasteiger partial charge >= 0.3 is 0 Å². The molecule has 2 nitrogen and oxygen atoms in total. The third-order valence-corrected chi connectivity index (χ3v) is 5.99. The first-order valence-corrected chi connectivity index (χ1v) is 10.9. The molecule has 0 radical (unpaired) electrons. The lowest BCUT2D eigenvalue weighted by molar-refractivity contribution is 0.576. The van der Waals surface area contributed by atoms with Gasteiger partial charge in [0.2, 0.25) is 0 Å². The van der Waals surface area contributed by atoms with E-state index in [-0.39, 0.29) is 0 Å². The number of hydrogen-bond acceptors (Lipinski definition) is 2. The maximum atomic E-state index is 3.59. The standard InChI is InChI=1S/C27H32N2/c1-5-29(14-13-19(2)3)24-12-11-21-16-22-17-27(28-23-9-7-6-8-10-23)20(4)15-25(22)26(21)18-24/h6-12,15,17-19,28H,5,13-14,16H2,1-4H3. The second kappa shape index (κ2) is 8.32. The lowest BCUT2D eigenvalue weighted by Crippen LogP contribution is -2.24. The summed E-state index contributed by atoms with van der Waals surface area (Å²) in [5.41, 5.74) is 10.7. The van der Waals surface area contributed by atoms with Crippen LogP contribution in [0.15, 0.2) is 60.7 Å². The van der Waals surface area contributed by atoms with Gasteiger partial charge in [0, 0.05) is 30.2 Å². The zero-order valence-corrected chi connectivity index (χ0v) is 18.1. The molecule has 4 rings (SSSR count). The van der Waals surface area contributed by atoms with E-state index in [0.717, 1.165) is 31.1 Å². The number of aryl methyl sites for hydroxylation is 1. The molecule has 0 saturated heterocycles. The molecule has 0 spiro atoms. The minimum atomic E-state index is 0.734. The number of nitrogens with zero attached hydrogens (tertiary/aromatic N) is 1. The Bertz CT molecular complexity index is 989. The van der Waals surface area contributed by atoms with Gasteiger partial charge in [-0.2, -0.15) is 0 Å². The number of anilines is 3. The van der Waals surface area contributed by atoms with Crippen molar-refractivity contribution in [3.05, 3.63) is 77.4 Å². The molecule has 0 unspecified atom stereocenters. The molecular formula is C27H32N2. The van der Waals surface area contributed by atoms with Gasteiger partial charge in [-0.3, -0.25) is 0 Å². The second-order valence-electron chi connectivity index (χ2n) is 8.60. The highest BCUT2D eigenvalue weighted by Crippen LogP contribution is 2.41. The van der Waals surface area contributed by atoms with Crippen LogP contribution in [-0.4, -0.2) is 13.1 Å². The molecule has 0 atom stereocenters. The van der Waals surface area contributed by atoms with E-state index in [1.807, 2.05) is 0 Å². The number of hydrogen-bond donors (Lipinski definition) is 1. The number of fused-ring (bicyclic) bond motifs is 3. The van der Waals surface area contributed by atoms with Gasteiger partial charge in [-0.15, -0.1) is 0 Å². The number of para-hydroxylation sites is 1. The van der Waals surface area contributed by atoms with Crippen LogP contribution in [0.1, 0.15) is 43.9 Å². The van der Waals surface area contributed by atoms with E-state index in [9.17, 15) is 0 Å². The highest BCUT2D eigenvalue weighted by atomic mass is 15.1. The third kappa shape index (κ3) is 4.17. The van der Waals surface area contributed by atoms with E-state index >= 15 is 0 Å². The van der Waals surface area contributed by atoms with Crippen LogP contribution in [0.4, 0.5) is 17.1 Å². The van der Waals surface area contributed by atoms with Gasteiger partial charge in [0.15, 0.2) is 0 Å². The van der Waals surface area contributed by atoms with Gasteiger partial charge in [0.1, 0.15) is 0 Å². The summed E-state index contributed by atoms with van der Waals surface area (Å²) in [5.74, 6) is 0.734. The number of rotatable bonds is 7. The minimum absolute atomic E-state index is 0.734. The molecule has 1 N–H and O–H groups in total. The summed E-state index contributed by atoms with van der Waals surface area (Å²) in [4.78, 5) is 2.51. The van der Waals surface area contributed by atoms with Crippen LogP contribution in [0.3, 0.4) is 0 Å².